The number of carbonyl (C=O) groups excluding carboxylic acids is 2. The van der Waals surface area contributed by atoms with Crippen molar-refractivity contribution in [3.05, 3.63) is 69.9 Å². The number of ether oxygens (including phenoxy) is 1. The molecule has 1 aliphatic heterocycles. The van der Waals surface area contributed by atoms with Crippen molar-refractivity contribution in [1.82, 2.24) is 9.88 Å². The number of hydrogen-bond acceptors (Lipinski definition) is 3. The number of amides is 1. The van der Waals surface area contributed by atoms with Crippen molar-refractivity contribution in [2.24, 2.45) is 0 Å². The van der Waals surface area contributed by atoms with Gasteiger partial charge in [-0.2, -0.15) is 0 Å². The van der Waals surface area contributed by atoms with Gasteiger partial charge in [0, 0.05) is 22.8 Å². The molecule has 0 saturated heterocycles. The number of nitrogens with zero attached hydrogens (tertiary/aromatic N) is 1. The molecular formula is C20H19FN2O3. The summed E-state index contributed by atoms with van der Waals surface area (Å²) >= 11 is 0. The van der Waals surface area contributed by atoms with Gasteiger partial charge in [-0.05, 0) is 62.7 Å². The molecule has 2 aromatic rings. The zero-order valence-corrected chi connectivity index (χ0v) is 15.0. The summed E-state index contributed by atoms with van der Waals surface area (Å²) in [6.45, 7) is 5.49. The van der Waals surface area contributed by atoms with Gasteiger partial charge in [0.2, 0.25) is 0 Å². The number of halogens is 1. The number of esters is 1. The summed E-state index contributed by atoms with van der Waals surface area (Å²) in [6, 6.07) is 8.11. The lowest BCUT2D eigenvalue weighted by Crippen LogP contribution is -2.15. The highest BCUT2D eigenvalue weighted by molar-refractivity contribution is 6.16. The number of carbonyl (C=O) groups is 2. The van der Waals surface area contributed by atoms with Gasteiger partial charge in [0.05, 0.1) is 18.3 Å². The average Bonchev–Trinajstić information content (AvgIpc) is 3.04. The minimum atomic E-state index is -0.556. The highest BCUT2D eigenvalue weighted by atomic mass is 19.1. The van der Waals surface area contributed by atoms with Crippen LogP contribution in [0.5, 0.6) is 0 Å². The van der Waals surface area contributed by atoms with E-state index in [0.29, 0.717) is 5.70 Å². The van der Waals surface area contributed by atoms with Crippen LogP contribution in [0.1, 0.15) is 23.9 Å². The molecule has 6 heteroatoms. The fourth-order valence-electron chi connectivity index (χ4n) is 3.20. The van der Waals surface area contributed by atoms with Crippen LogP contribution in [-0.4, -0.2) is 23.6 Å². The second-order valence-corrected chi connectivity index (χ2v) is 6.14. The van der Waals surface area contributed by atoms with Crippen molar-refractivity contribution in [3.8, 4) is 5.69 Å². The molecule has 1 aromatic heterocycles. The van der Waals surface area contributed by atoms with E-state index in [9.17, 15) is 14.0 Å². The van der Waals surface area contributed by atoms with Gasteiger partial charge in [-0.25, -0.2) is 9.18 Å². The van der Waals surface area contributed by atoms with E-state index in [2.05, 4.69) is 5.32 Å². The lowest BCUT2D eigenvalue weighted by Gasteiger charge is -2.09. The van der Waals surface area contributed by atoms with Crippen molar-refractivity contribution in [3.63, 3.8) is 0 Å². The highest BCUT2D eigenvalue weighted by Gasteiger charge is 2.31. The summed E-state index contributed by atoms with van der Waals surface area (Å²) in [5.74, 6) is -1.20. The number of nitrogens with one attached hydrogen (secondary N) is 1. The molecule has 1 aliphatic rings. The van der Waals surface area contributed by atoms with Crippen LogP contribution in [-0.2, 0) is 14.3 Å². The Morgan fingerprint density at radius 3 is 2.46 bits per heavy atom. The van der Waals surface area contributed by atoms with Crippen molar-refractivity contribution < 1.29 is 18.7 Å². The minimum Gasteiger partial charge on any atom is -0.465 e. The quantitative estimate of drug-likeness (QED) is 0.680. The molecule has 5 nitrogen and oxygen atoms in total. The Labute approximate surface area is 150 Å². The first-order chi connectivity index (χ1) is 12.3. The van der Waals surface area contributed by atoms with E-state index < -0.39 is 5.97 Å². The van der Waals surface area contributed by atoms with Crippen molar-refractivity contribution in [2.75, 3.05) is 7.11 Å². The molecule has 0 fully saturated rings. The van der Waals surface area contributed by atoms with Gasteiger partial charge in [-0.15, -0.1) is 0 Å². The topological polar surface area (TPSA) is 60.3 Å². The predicted octanol–water partition coefficient (Wildman–Crippen LogP) is 3.19. The first-order valence-electron chi connectivity index (χ1n) is 8.11. The second kappa shape index (κ2) is 6.63. The van der Waals surface area contributed by atoms with E-state index in [0.717, 1.165) is 22.6 Å². The number of rotatable bonds is 3. The Morgan fingerprint density at radius 1 is 1.19 bits per heavy atom. The van der Waals surface area contributed by atoms with Crippen LogP contribution < -0.4 is 5.32 Å². The minimum absolute atomic E-state index is 0.240. The lowest BCUT2D eigenvalue weighted by atomic mass is 10.0. The fraction of sp³-hybridized carbons (Fsp3) is 0.200. The van der Waals surface area contributed by atoms with Gasteiger partial charge >= 0.3 is 5.97 Å². The number of allylic oxidation sites excluding steroid dienone is 1. The van der Waals surface area contributed by atoms with Crippen molar-refractivity contribution in [2.45, 2.75) is 20.8 Å². The van der Waals surface area contributed by atoms with E-state index in [1.54, 1.807) is 25.1 Å². The van der Waals surface area contributed by atoms with E-state index in [-0.39, 0.29) is 22.9 Å². The molecule has 0 bridgehead atoms. The van der Waals surface area contributed by atoms with Crippen LogP contribution in [0, 0.1) is 19.7 Å². The second-order valence-electron chi connectivity index (χ2n) is 6.14. The number of hydrogen-bond donors (Lipinski definition) is 1. The molecule has 0 atom stereocenters. The smallest absolute Gasteiger partial charge is 0.340 e. The molecule has 0 radical (unpaired) electrons. The third-order valence-corrected chi connectivity index (χ3v) is 4.43. The average molecular weight is 354 g/mol. The van der Waals surface area contributed by atoms with Gasteiger partial charge in [0.15, 0.2) is 0 Å². The first-order valence-corrected chi connectivity index (χ1v) is 8.11. The summed E-state index contributed by atoms with van der Waals surface area (Å²) in [5.41, 5.74) is 4.41. The molecular weight excluding hydrogens is 335 g/mol. The summed E-state index contributed by atoms with van der Waals surface area (Å²) in [6.07, 6.45) is 1.68. The van der Waals surface area contributed by atoms with Crippen LogP contribution in [0.2, 0.25) is 0 Å². The normalized spacial score (nSPS) is 15.6. The van der Waals surface area contributed by atoms with Gasteiger partial charge in [-0.1, -0.05) is 0 Å². The van der Waals surface area contributed by atoms with E-state index in [1.165, 1.54) is 19.2 Å². The SMILES string of the molecule is COC(=O)C1=C(C)NC(=O)/C1=C/c1cc(C)n(-c2ccc(F)cc2)c1C. The Morgan fingerprint density at radius 2 is 1.85 bits per heavy atom. The van der Waals surface area contributed by atoms with Crippen LogP contribution in [0.25, 0.3) is 11.8 Å². The third kappa shape index (κ3) is 2.94. The van der Waals surface area contributed by atoms with Gasteiger partial charge in [0.25, 0.3) is 5.91 Å². The van der Waals surface area contributed by atoms with Crippen molar-refractivity contribution in [1.29, 1.82) is 0 Å². The zero-order valence-electron chi connectivity index (χ0n) is 15.0. The maximum atomic E-state index is 13.2. The molecule has 3 rings (SSSR count). The molecule has 1 aromatic carbocycles. The summed E-state index contributed by atoms with van der Waals surface area (Å²) < 4.78 is 20.0. The maximum Gasteiger partial charge on any atom is 0.340 e. The number of methoxy groups -OCH3 is 1. The highest BCUT2D eigenvalue weighted by Crippen LogP contribution is 2.28. The van der Waals surface area contributed by atoms with Gasteiger partial charge in [0.1, 0.15) is 5.82 Å². The largest absolute Gasteiger partial charge is 0.465 e. The van der Waals surface area contributed by atoms with E-state index in [4.69, 9.17) is 4.74 Å². The van der Waals surface area contributed by atoms with E-state index in [1.807, 2.05) is 24.5 Å². The van der Waals surface area contributed by atoms with Crippen molar-refractivity contribution >= 4 is 18.0 Å². The van der Waals surface area contributed by atoms with Gasteiger partial charge < -0.3 is 14.6 Å². The first kappa shape index (κ1) is 17.7. The molecule has 0 spiro atoms. The molecule has 0 aliphatic carbocycles. The molecule has 134 valence electrons. The predicted molar refractivity (Wildman–Crippen MR) is 96.0 cm³/mol. The number of benzene rings is 1. The summed E-state index contributed by atoms with van der Waals surface area (Å²) in [4.78, 5) is 24.3. The Bertz CT molecular complexity index is 966. The Balaban J connectivity index is 2.10. The van der Waals surface area contributed by atoms with Crippen LogP contribution >= 0.6 is 0 Å². The molecule has 0 unspecified atom stereocenters. The fourth-order valence-corrected chi connectivity index (χ4v) is 3.20. The Hall–Kier alpha value is -3.15. The standard InChI is InChI=1S/C20H19FN2O3/c1-11-9-14(13(3)23(11)16-7-5-15(21)6-8-16)10-17-18(20(25)26-4)12(2)22-19(17)24/h5-10H,1-4H3,(H,22,24)/b17-10+. The number of aryl methyl sites for hydroxylation is 1. The van der Waals surface area contributed by atoms with Crippen LogP contribution in [0.15, 0.2) is 47.2 Å². The Kier molecular flexibility index (Phi) is 4.50. The monoisotopic (exact) mass is 354 g/mol. The third-order valence-electron chi connectivity index (χ3n) is 4.43. The molecule has 0 saturated carbocycles. The number of aromatic nitrogens is 1. The lowest BCUT2D eigenvalue weighted by molar-refractivity contribution is -0.136. The molecule has 1 amide bonds. The summed E-state index contributed by atoms with van der Waals surface area (Å²) in [7, 11) is 1.28. The molecule has 1 N–H and O–H groups in total. The van der Waals surface area contributed by atoms with Crippen LogP contribution in [0.4, 0.5) is 4.39 Å². The van der Waals surface area contributed by atoms with Crippen LogP contribution in [0.3, 0.4) is 0 Å². The zero-order chi connectivity index (χ0) is 19.0. The maximum absolute atomic E-state index is 13.2. The van der Waals surface area contributed by atoms with Gasteiger partial charge in [-0.3, -0.25) is 4.79 Å². The van der Waals surface area contributed by atoms with E-state index >= 15 is 0 Å². The molecule has 2 heterocycles. The molecule has 26 heavy (non-hydrogen) atoms. The summed E-state index contributed by atoms with van der Waals surface area (Å²) in [5, 5.41) is 2.65.